The van der Waals surface area contributed by atoms with Gasteiger partial charge in [-0.05, 0) is 27.5 Å². The van der Waals surface area contributed by atoms with Crippen LogP contribution in [0.3, 0.4) is 0 Å². The molecule has 0 aromatic carbocycles. The molecule has 1 rings (SSSR count). The van der Waals surface area contributed by atoms with E-state index in [1.54, 1.807) is 0 Å². The van der Waals surface area contributed by atoms with Crippen LogP contribution in [0.4, 0.5) is 14.6 Å². The van der Waals surface area contributed by atoms with Crippen LogP contribution in [0.1, 0.15) is 6.42 Å². The van der Waals surface area contributed by atoms with Crippen LogP contribution in [0.25, 0.3) is 0 Å². The number of nitrogens with zero attached hydrogens (tertiary/aromatic N) is 2. The van der Waals surface area contributed by atoms with Crippen molar-refractivity contribution >= 4 is 33.3 Å². The molecule has 1 aromatic heterocycles. The number of aromatic nitrogens is 2. The number of anilines is 1. The van der Waals surface area contributed by atoms with Crippen LogP contribution in [-0.2, 0) is 0 Å². The maximum absolute atomic E-state index is 11.8. The molecule has 0 saturated carbocycles. The van der Waals surface area contributed by atoms with Gasteiger partial charge in [-0.3, -0.25) is 0 Å². The molecule has 0 aliphatic rings. The number of nitrogens with one attached hydrogen (secondary N) is 1. The number of alkyl halides is 2. The second kappa shape index (κ2) is 5.41. The third-order valence-corrected chi connectivity index (χ3v) is 2.13. The Labute approximate surface area is 93.0 Å². The van der Waals surface area contributed by atoms with E-state index in [1.165, 1.54) is 6.20 Å². The Balaban J connectivity index is 2.53. The monoisotopic (exact) mass is 285 g/mol. The first-order valence-corrected chi connectivity index (χ1v) is 4.96. The summed E-state index contributed by atoms with van der Waals surface area (Å²) in [5.74, 6) is 0.422. The molecule has 3 nitrogen and oxygen atoms in total. The van der Waals surface area contributed by atoms with Gasteiger partial charge in [0.05, 0.1) is 4.47 Å². The molecule has 0 unspecified atom stereocenters. The topological polar surface area (TPSA) is 37.8 Å². The minimum atomic E-state index is -2.32. The molecular formula is C7H7BrClF2N3. The highest BCUT2D eigenvalue weighted by Crippen LogP contribution is 2.20. The Hall–Kier alpha value is -0.490. The van der Waals surface area contributed by atoms with Gasteiger partial charge in [0.2, 0.25) is 11.7 Å². The lowest BCUT2D eigenvalue weighted by Crippen LogP contribution is -2.08. The standard InChI is InChI=1S/C7H7BrClF2N3/c8-4-3-13-7(9)14-6(4)12-2-1-5(10)11/h3,5H,1-2H2,(H,12,13,14). The first kappa shape index (κ1) is 11.6. The molecule has 0 aliphatic heterocycles. The van der Waals surface area contributed by atoms with E-state index in [9.17, 15) is 8.78 Å². The van der Waals surface area contributed by atoms with Gasteiger partial charge in [-0.15, -0.1) is 0 Å². The van der Waals surface area contributed by atoms with Gasteiger partial charge in [0.15, 0.2) is 0 Å². The second-order valence-electron chi connectivity index (χ2n) is 2.44. The van der Waals surface area contributed by atoms with E-state index in [2.05, 4.69) is 31.2 Å². The van der Waals surface area contributed by atoms with Crippen molar-refractivity contribution in [2.45, 2.75) is 12.8 Å². The van der Waals surface area contributed by atoms with Crippen molar-refractivity contribution in [3.8, 4) is 0 Å². The molecule has 1 N–H and O–H groups in total. The van der Waals surface area contributed by atoms with Crippen molar-refractivity contribution in [1.82, 2.24) is 9.97 Å². The predicted octanol–water partition coefficient (Wildman–Crippen LogP) is 2.96. The summed E-state index contributed by atoms with van der Waals surface area (Å²) >= 11 is 8.69. The van der Waals surface area contributed by atoms with E-state index in [-0.39, 0.29) is 18.2 Å². The van der Waals surface area contributed by atoms with Gasteiger partial charge in [0, 0.05) is 19.2 Å². The average molecular weight is 287 g/mol. The van der Waals surface area contributed by atoms with Crippen LogP contribution in [0.5, 0.6) is 0 Å². The van der Waals surface area contributed by atoms with Crippen molar-refractivity contribution in [3.63, 3.8) is 0 Å². The smallest absolute Gasteiger partial charge is 0.240 e. The summed E-state index contributed by atoms with van der Waals surface area (Å²) in [7, 11) is 0. The predicted molar refractivity (Wildman–Crippen MR) is 53.9 cm³/mol. The quantitative estimate of drug-likeness (QED) is 0.865. The largest absolute Gasteiger partial charge is 0.369 e. The van der Waals surface area contributed by atoms with E-state index in [1.807, 2.05) is 0 Å². The number of hydrogen-bond donors (Lipinski definition) is 1. The van der Waals surface area contributed by atoms with E-state index in [0.717, 1.165) is 0 Å². The molecule has 0 amide bonds. The highest BCUT2D eigenvalue weighted by molar-refractivity contribution is 9.10. The highest BCUT2D eigenvalue weighted by atomic mass is 79.9. The third-order valence-electron chi connectivity index (χ3n) is 1.37. The summed E-state index contributed by atoms with van der Waals surface area (Å²) in [6.07, 6.45) is -1.09. The molecule has 7 heteroatoms. The third kappa shape index (κ3) is 3.71. The molecule has 0 radical (unpaired) electrons. The maximum Gasteiger partial charge on any atom is 0.240 e. The molecule has 1 aromatic rings. The van der Waals surface area contributed by atoms with Gasteiger partial charge in [0.1, 0.15) is 5.82 Å². The molecule has 0 bridgehead atoms. The van der Waals surface area contributed by atoms with Crippen molar-refractivity contribution < 1.29 is 8.78 Å². The van der Waals surface area contributed by atoms with Crippen LogP contribution in [0.2, 0.25) is 5.28 Å². The van der Waals surface area contributed by atoms with Crippen molar-refractivity contribution in [1.29, 1.82) is 0 Å². The molecule has 1 heterocycles. The zero-order valence-corrected chi connectivity index (χ0v) is 9.32. The van der Waals surface area contributed by atoms with Crippen molar-refractivity contribution in [3.05, 3.63) is 16.0 Å². The van der Waals surface area contributed by atoms with Crippen LogP contribution in [0, 0.1) is 0 Å². The normalized spacial score (nSPS) is 10.6. The first-order valence-electron chi connectivity index (χ1n) is 3.79. The minimum Gasteiger partial charge on any atom is -0.369 e. The van der Waals surface area contributed by atoms with Gasteiger partial charge in [-0.2, -0.15) is 4.98 Å². The lowest BCUT2D eigenvalue weighted by Gasteiger charge is -2.06. The fraction of sp³-hybridized carbons (Fsp3) is 0.429. The minimum absolute atomic E-state index is 0.0766. The Morgan fingerprint density at radius 1 is 1.57 bits per heavy atom. The van der Waals surface area contributed by atoms with E-state index >= 15 is 0 Å². The lowest BCUT2D eigenvalue weighted by molar-refractivity contribution is 0.142. The zero-order chi connectivity index (χ0) is 10.6. The summed E-state index contributed by atoms with van der Waals surface area (Å²) in [6.45, 7) is 0.142. The molecule has 0 spiro atoms. The fourth-order valence-electron chi connectivity index (χ4n) is 0.769. The molecular weight excluding hydrogens is 279 g/mol. The lowest BCUT2D eigenvalue weighted by atomic mass is 10.4. The Morgan fingerprint density at radius 2 is 2.29 bits per heavy atom. The molecule has 78 valence electrons. The summed E-state index contributed by atoms with van der Waals surface area (Å²) in [5, 5.41) is 2.80. The Bertz CT molecular complexity index is 311. The van der Waals surface area contributed by atoms with Crippen LogP contribution >= 0.6 is 27.5 Å². The highest BCUT2D eigenvalue weighted by Gasteiger charge is 2.05. The van der Waals surface area contributed by atoms with Gasteiger partial charge < -0.3 is 5.32 Å². The van der Waals surface area contributed by atoms with Gasteiger partial charge >= 0.3 is 0 Å². The SMILES string of the molecule is FC(F)CCNc1nc(Cl)ncc1Br. The number of halogens is 4. The summed E-state index contributed by atoms with van der Waals surface area (Å²) in [5.41, 5.74) is 0. The van der Waals surface area contributed by atoms with Crippen LogP contribution in [-0.4, -0.2) is 22.9 Å². The summed E-state index contributed by atoms with van der Waals surface area (Å²) < 4.78 is 24.2. The van der Waals surface area contributed by atoms with E-state index in [4.69, 9.17) is 11.6 Å². The van der Waals surface area contributed by atoms with Crippen molar-refractivity contribution in [2.24, 2.45) is 0 Å². The molecule has 0 fully saturated rings. The molecule has 0 aliphatic carbocycles. The number of hydrogen-bond acceptors (Lipinski definition) is 3. The van der Waals surface area contributed by atoms with Gasteiger partial charge in [0.25, 0.3) is 0 Å². The Morgan fingerprint density at radius 3 is 2.93 bits per heavy atom. The fourth-order valence-corrected chi connectivity index (χ4v) is 1.23. The molecule has 0 atom stereocenters. The van der Waals surface area contributed by atoms with E-state index < -0.39 is 6.43 Å². The van der Waals surface area contributed by atoms with Crippen LogP contribution < -0.4 is 5.32 Å². The molecule has 14 heavy (non-hydrogen) atoms. The first-order chi connectivity index (χ1) is 6.59. The van der Waals surface area contributed by atoms with E-state index in [0.29, 0.717) is 10.3 Å². The zero-order valence-electron chi connectivity index (χ0n) is 6.98. The second-order valence-corrected chi connectivity index (χ2v) is 3.63. The summed E-state index contributed by atoms with van der Waals surface area (Å²) in [6, 6.07) is 0. The summed E-state index contributed by atoms with van der Waals surface area (Å²) in [4.78, 5) is 7.52. The van der Waals surface area contributed by atoms with Crippen molar-refractivity contribution in [2.75, 3.05) is 11.9 Å². The van der Waals surface area contributed by atoms with Gasteiger partial charge in [-0.25, -0.2) is 13.8 Å². The van der Waals surface area contributed by atoms with Gasteiger partial charge in [-0.1, -0.05) is 0 Å². The van der Waals surface area contributed by atoms with Crippen LogP contribution in [0.15, 0.2) is 10.7 Å². The maximum atomic E-state index is 11.8. The molecule has 0 saturated heterocycles. The number of rotatable bonds is 4. The Kier molecular flexibility index (Phi) is 4.47. The average Bonchev–Trinajstić information content (AvgIpc) is 2.10.